The molecule has 1 heterocycles. The van der Waals surface area contributed by atoms with Crippen LogP contribution in [0.5, 0.6) is 0 Å². The van der Waals surface area contributed by atoms with E-state index in [0.29, 0.717) is 5.56 Å². The van der Waals surface area contributed by atoms with Crippen LogP contribution in [0.1, 0.15) is 15.9 Å². The molecule has 0 radical (unpaired) electrons. The minimum atomic E-state index is -3.65. The van der Waals surface area contributed by atoms with Gasteiger partial charge in [0.05, 0.1) is 5.75 Å². The third-order valence-corrected chi connectivity index (χ3v) is 2.95. The number of rotatable bonds is 6. The molecule has 0 spiro atoms. The Kier molecular flexibility index (Phi) is 5.35. The van der Waals surface area contributed by atoms with Crippen LogP contribution < -0.4 is 10.5 Å². The largest absolute Gasteiger partial charge is 0.478 e. The molecule has 0 saturated carbocycles. The molecular weight excluding hydrogens is 286 g/mol. The van der Waals surface area contributed by atoms with Gasteiger partial charge in [-0.05, 0) is 12.1 Å². The zero-order valence-corrected chi connectivity index (χ0v) is 11.1. The normalized spacial score (nSPS) is 11.4. The van der Waals surface area contributed by atoms with Crippen LogP contribution in [0, 0.1) is 0 Å². The number of hydrogen-bond donors (Lipinski definition) is 3. The summed E-state index contributed by atoms with van der Waals surface area (Å²) in [7, 11) is -3.65. The first-order valence-corrected chi connectivity index (χ1v) is 7.15. The lowest BCUT2D eigenvalue weighted by Gasteiger charge is -2.06. The lowest BCUT2D eigenvalue weighted by molar-refractivity contribution is -0.131. The monoisotopic (exact) mass is 299 g/mol. The number of carboxylic acid groups (broad SMARTS) is 1. The summed E-state index contributed by atoms with van der Waals surface area (Å²) < 4.78 is 21.5. The Morgan fingerprint density at radius 2 is 2.15 bits per heavy atom. The number of pyridine rings is 1. The van der Waals surface area contributed by atoms with Gasteiger partial charge in [-0.2, -0.15) is 0 Å². The van der Waals surface area contributed by atoms with Gasteiger partial charge in [0, 0.05) is 36.1 Å². The van der Waals surface area contributed by atoms with Crippen molar-refractivity contribution in [1.82, 2.24) is 10.3 Å². The maximum absolute atomic E-state index is 11.8. The molecule has 0 aromatic carbocycles. The molecule has 0 saturated heterocycles. The number of primary sulfonamides is 1. The molecule has 4 N–H and O–H groups in total. The maximum Gasteiger partial charge on any atom is 0.328 e. The molecule has 1 rings (SSSR count). The van der Waals surface area contributed by atoms with Gasteiger partial charge < -0.3 is 10.4 Å². The number of carbonyl (C=O) groups excluding carboxylic acids is 1. The minimum Gasteiger partial charge on any atom is -0.478 e. The molecule has 0 bridgehead atoms. The van der Waals surface area contributed by atoms with E-state index in [2.05, 4.69) is 10.3 Å². The number of carbonyl (C=O) groups is 2. The van der Waals surface area contributed by atoms with Gasteiger partial charge in [-0.25, -0.2) is 18.4 Å². The van der Waals surface area contributed by atoms with E-state index < -0.39 is 21.9 Å². The van der Waals surface area contributed by atoms with E-state index in [-0.39, 0.29) is 17.9 Å². The average Bonchev–Trinajstić information content (AvgIpc) is 2.35. The van der Waals surface area contributed by atoms with Crippen molar-refractivity contribution in [2.24, 2.45) is 5.14 Å². The maximum atomic E-state index is 11.8. The Hall–Kier alpha value is -2.26. The molecular formula is C11H13N3O5S. The SMILES string of the molecule is NS(=O)(=O)CCNC(=O)c1ccncc1C=CC(=O)O. The first-order valence-electron chi connectivity index (χ1n) is 5.43. The summed E-state index contributed by atoms with van der Waals surface area (Å²) in [6.07, 6.45) is 4.79. The molecule has 20 heavy (non-hydrogen) atoms. The second-order valence-electron chi connectivity index (χ2n) is 3.76. The first-order chi connectivity index (χ1) is 9.29. The Bertz CT molecular complexity index is 639. The topological polar surface area (TPSA) is 139 Å². The van der Waals surface area contributed by atoms with Crippen LogP contribution in [0.4, 0.5) is 0 Å². The van der Waals surface area contributed by atoms with Crippen molar-refractivity contribution in [2.75, 3.05) is 12.3 Å². The van der Waals surface area contributed by atoms with Crippen LogP contribution in [-0.2, 0) is 14.8 Å². The summed E-state index contributed by atoms with van der Waals surface area (Å²) in [6.45, 7) is -0.137. The molecule has 1 aromatic heterocycles. The number of carboxylic acids is 1. The second kappa shape index (κ2) is 6.78. The average molecular weight is 299 g/mol. The zero-order valence-electron chi connectivity index (χ0n) is 10.3. The van der Waals surface area contributed by atoms with Crippen LogP contribution in [0.25, 0.3) is 6.08 Å². The summed E-state index contributed by atoms with van der Waals surface area (Å²) in [4.78, 5) is 26.1. The van der Waals surface area contributed by atoms with Crippen LogP contribution in [0.15, 0.2) is 24.5 Å². The molecule has 108 valence electrons. The van der Waals surface area contributed by atoms with Crippen molar-refractivity contribution in [3.8, 4) is 0 Å². The first kappa shape index (κ1) is 15.8. The van der Waals surface area contributed by atoms with E-state index >= 15 is 0 Å². The van der Waals surface area contributed by atoms with Gasteiger partial charge in [-0.1, -0.05) is 0 Å². The predicted molar refractivity (Wildman–Crippen MR) is 71.2 cm³/mol. The van der Waals surface area contributed by atoms with Crippen LogP contribution in [0.2, 0.25) is 0 Å². The third-order valence-electron chi connectivity index (χ3n) is 2.17. The van der Waals surface area contributed by atoms with Gasteiger partial charge in [0.15, 0.2) is 0 Å². The lowest BCUT2D eigenvalue weighted by atomic mass is 10.1. The number of sulfonamides is 1. The smallest absolute Gasteiger partial charge is 0.328 e. The van der Waals surface area contributed by atoms with Gasteiger partial charge >= 0.3 is 5.97 Å². The summed E-state index contributed by atoms with van der Waals surface area (Å²) in [6, 6.07) is 1.40. The highest BCUT2D eigenvalue weighted by molar-refractivity contribution is 7.89. The van der Waals surface area contributed by atoms with Crippen molar-refractivity contribution in [1.29, 1.82) is 0 Å². The Balaban J connectivity index is 2.80. The minimum absolute atomic E-state index is 0.137. The van der Waals surface area contributed by atoms with Gasteiger partial charge in [0.2, 0.25) is 10.0 Å². The molecule has 1 aromatic rings. The van der Waals surface area contributed by atoms with Crippen molar-refractivity contribution in [3.05, 3.63) is 35.7 Å². The Labute approximate surface area is 115 Å². The van der Waals surface area contributed by atoms with E-state index in [9.17, 15) is 18.0 Å². The van der Waals surface area contributed by atoms with Crippen molar-refractivity contribution in [3.63, 3.8) is 0 Å². The number of nitrogens with one attached hydrogen (secondary N) is 1. The summed E-state index contributed by atoms with van der Waals surface area (Å²) in [5.41, 5.74) is 0.495. The molecule has 0 aliphatic rings. The number of aromatic nitrogens is 1. The number of aliphatic carboxylic acids is 1. The van der Waals surface area contributed by atoms with Gasteiger partial charge in [0.25, 0.3) is 5.91 Å². The van der Waals surface area contributed by atoms with Crippen molar-refractivity contribution in [2.45, 2.75) is 0 Å². The third kappa shape index (κ3) is 5.59. The van der Waals surface area contributed by atoms with E-state index in [1.165, 1.54) is 24.5 Å². The number of nitrogens with two attached hydrogens (primary N) is 1. The van der Waals surface area contributed by atoms with Crippen molar-refractivity contribution < 1.29 is 23.1 Å². The predicted octanol–water partition coefficient (Wildman–Crippen LogP) is -0.802. The highest BCUT2D eigenvalue weighted by Gasteiger charge is 2.10. The van der Waals surface area contributed by atoms with Crippen LogP contribution in [0.3, 0.4) is 0 Å². The molecule has 0 atom stereocenters. The molecule has 0 fully saturated rings. The summed E-state index contributed by atoms with van der Waals surface area (Å²) in [5, 5.41) is 15.7. The van der Waals surface area contributed by atoms with E-state index in [4.69, 9.17) is 10.2 Å². The zero-order chi connectivity index (χ0) is 15.2. The molecule has 1 amide bonds. The fourth-order valence-electron chi connectivity index (χ4n) is 1.31. The second-order valence-corrected chi connectivity index (χ2v) is 5.49. The molecule has 0 unspecified atom stereocenters. The number of hydrogen-bond acceptors (Lipinski definition) is 5. The molecule has 0 aliphatic carbocycles. The van der Waals surface area contributed by atoms with Crippen LogP contribution in [-0.4, -0.2) is 42.7 Å². The number of nitrogens with zero attached hydrogens (tertiary/aromatic N) is 1. The highest BCUT2D eigenvalue weighted by Crippen LogP contribution is 2.09. The fraction of sp³-hybridized carbons (Fsp3) is 0.182. The summed E-state index contributed by atoms with van der Waals surface area (Å²) in [5.74, 6) is -2.08. The Morgan fingerprint density at radius 3 is 2.75 bits per heavy atom. The van der Waals surface area contributed by atoms with Crippen molar-refractivity contribution >= 4 is 28.0 Å². The quantitative estimate of drug-likeness (QED) is 0.587. The van der Waals surface area contributed by atoms with Crippen LogP contribution >= 0.6 is 0 Å². The Morgan fingerprint density at radius 1 is 1.45 bits per heavy atom. The van der Waals surface area contributed by atoms with E-state index in [1.807, 2.05) is 0 Å². The van der Waals surface area contributed by atoms with E-state index in [0.717, 1.165) is 6.08 Å². The van der Waals surface area contributed by atoms with Gasteiger partial charge in [-0.15, -0.1) is 0 Å². The molecule has 0 aliphatic heterocycles. The highest BCUT2D eigenvalue weighted by atomic mass is 32.2. The standard InChI is InChI=1S/C11H13N3O5S/c12-20(18,19)6-5-14-11(17)9-3-4-13-7-8(9)1-2-10(15)16/h1-4,7H,5-6H2,(H,14,17)(H,15,16)(H2,12,18,19). The fourth-order valence-corrected chi connectivity index (χ4v) is 1.70. The summed E-state index contributed by atoms with van der Waals surface area (Å²) >= 11 is 0. The molecule has 8 nitrogen and oxygen atoms in total. The molecule has 9 heteroatoms. The van der Waals surface area contributed by atoms with Gasteiger partial charge in [0.1, 0.15) is 0 Å². The number of amides is 1. The van der Waals surface area contributed by atoms with E-state index in [1.54, 1.807) is 0 Å². The van der Waals surface area contributed by atoms with Gasteiger partial charge in [-0.3, -0.25) is 9.78 Å². The lowest BCUT2D eigenvalue weighted by Crippen LogP contribution is -2.31.